The largest absolute Gasteiger partial charge is 0.355 e. The predicted molar refractivity (Wildman–Crippen MR) is 95.6 cm³/mol. The van der Waals surface area contributed by atoms with Gasteiger partial charge >= 0.3 is 0 Å². The molecule has 2 aromatic rings. The second-order valence-corrected chi connectivity index (χ2v) is 7.19. The van der Waals surface area contributed by atoms with Crippen molar-refractivity contribution in [1.82, 2.24) is 10.2 Å². The first-order chi connectivity index (χ1) is 11.8. The second-order valence-electron chi connectivity index (χ2n) is 7.19. The Bertz CT molecular complexity index is 690. The third-order valence-corrected chi connectivity index (χ3v) is 5.72. The molecule has 2 heterocycles. The van der Waals surface area contributed by atoms with Gasteiger partial charge in [-0.1, -0.05) is 60.7 Å². The number of rotatable bonds is 3. The summed E-state index contributed by atoms with van der Waals surface area (Å²) in [7, 11) is 0. The fourth-order valence-corrected chi connectivity index (χ4v) is 4.36. The van der Waals surface area contributed by atoms with Gasteiger partial charge < -0.3 is 5.32 Å². The van der Waals surface area contributed by atoms with E-state index in [1.165, 1.54) is 11.1 Å². The maximum Gasteiger partial charge on any atom is 0.228 e. The first-order valence-electron chi connectivity index (χ1n) is 8.86. The number of carbonyl (C=O) groups excluding carboxylic acids is 1. The zero-order valence-electron chi connectivity index (χ0n) is 13.9. The average molecular weight is 320 g/mol. The number of piperidine rings is 1. The number of nitrogens with zero attached hydrogens (tertiary/aromatic N) is 1. The molecule has 0 bridgehead atoms. The third kappa shape index (κ3) is 2.84. The fraction of sp³-hybridized carbons (Fsp3) is 0.381. The van der Waals surface area contributed by atoms with Crippen molar-refractivity contribution in [2.24, 2.45) is 5.41 Å². The van der Waals surface area contributed by atoms with Crippen LogP contribution in [0, 0.1) is 5.41 Å². The van der Waals surface area contributed by atoms with E-state index in [0.29, 0.717) is 0 Å². The van der Waals surface area contributed by atoms with Gasteiger partial charge in [0.15, 0.2) is 0 Å². The van der Waals surface area contributed by atoms with Crippen molar-refractivity contribution in [3.63, 3.8) is 0 Å². The number of hydrogen-bond donors (Lipinski definition) is 1. The summed E-state index contributed by atoms with van der Waals surface area (Å²) in [5, 5.41) is 3.14. The van der Waals surface area contributed by atoms with Gasteiger partial charge in [-0.2, -0.15) is 0 Å². The summed E-state index contributed by atoms with van der Waals surface area (Å²) < 4.78 is 0. The summed E-state index contributed by atoms with van der Waals surface area (Å²) in [4.78, 5) is 15.0. The van der Waals surface area contributed by atoms with Crippen LogP contribution in [0.1, 0.15) is 29.9 Å². The van der Waals surface area contributed by atoms with Crippen LogP contribution in [-0.2, 0) is 11.3 Å². The maximum atomic E-state index is 12.5. The second kappa shape index (κ2) is 6.40. The Morgan fingerprint density at radius 1 is 0.958 bits per heavy atom. The van der Waals surface area contributed by atoms with Crippen LogP contribution in [0.4, 0.5) is 0 Å². The molecule has 2 aliphatic heterocycles. The first-order valence-corrected chi connectivity index (χ1v) is 8.86. The molecule has 3 heteroatoms. The van der Waals surface area contributed by atoms with E-state index in [0.717, 1.165) is 39.0 Å². The molecule has 124 valence electrons. The summed E-state index contributed by atoms with van der Waals surface area (Å²) in [5.41, 5.74) is 2.63. The van der Waals surface area contributed by atoms with Crippen molar-refractivity contribution >= 4 is 5.91 Å². The van der Waals surface area contributed by atoms with Crippen molar-refractivity contribution in [1.29, 1.82) is 0 Å². The van der Waals surface area contributed by atoms with Crippen molar-refractivity contribution in [2.75, 3.05) is 19.6 Å². The quantitative estimate of drug-likeness (QED) is 0.942. The number of carbonyl (C=O) groups is 1. The summed E-state index contributed by atoms with van der Waals surface area (Å²) in [6.45, 7) is 3.96. The maximum absolute atomic E-state index is 12.5. The van der Waals surface area contributed by atoms with Gasteiger partial charge in [0, 0.05) is 18.5 Å². The van der Waals surface area contributed by atoms with E-state index in [1.54, 1.807) is 0 Å². The molecule has 24 heavy (non-hydrogen) atoms. The van der Waals surface area contributed by atoms with Gasteiger partial charge in [-0.3, -0.25) is 9.69 Å². The van der Waals surface area contributed by atoms with E-state index in [-0.39, 0.29) is 17.2 Å². The minimum absolute atomic E-state index is 0.0116. The summed E-state index contributed by atoms with van der Waals surface area (Å²) in [6.07, 6.45) is 2.16. The molecular weight excluding hydrogens is 296 g/mol. The third-order valence-electron chi connectivity index (χ3n) is 5.72. The van der Waals surface area contributed by atoms with Crippen molar-refractivity contribution < 1.29 is 4.79 Å². The predicted octanol–water partition coefficient (Wildman–Crippen LogP) is 3.18. The Balaban J connectivity index is 1.48. The summed E-state index contributed by atoms with van der Waals surface area (Å²) in [5.74, 6) is 0.218. The molecule has 2 aromatic carbocycles. The highest BCUT2D eigenvalue weighted by atomic mass is 16.2. The molecule has 0 aliphatic carbocycles. The topological polar surface area (TPSA) is 32.3 Å². The smallest absolute Gasteiger partial charge is 0.228 e. The minimum Gasteiger partial charge on any atom is -0.355 e. The Labute approximate surface area is 143 Å². The van der Waals surface area contributed by atoms with E-state index < -0.39 is 0 Å². The van der Waals surface area contributed by atoms with Crippen LogP contribution in [0.5, 0.6) is 0 Å². The molecule has 1 spiro atoms. The molecule has 3 nitrogen and oxygen atoms in total. The highest BCUT2D eigenvalue weighted by Crippen LogP contribution is 2.47. The van der Waals surface area contributed by atoms with Crippen LogP contribution in [-0.4, -0.2) is 30.4 Å². The van der Waals surface area contributed by atoms with E-state index in [1.807, 2.05) is 18.2 Å². The lowest BCUT2D eigenvalue weighted by Crippen LogP contribution is -2.43. The van der Waals surface area contributed by atoms with Crippen LogP contribution in [0.15, 0.2) is 60.7 Å². The number of amides is 1. The zero-order chi connectivity index (χ0) is 16.4. The molecule has 0 saturated carbocycles. The molecule has 4 rings (SSSR count). The standard InChI is InChI=1S/C21H24N2O/c24-20-19(18-9-5-2-6-10-18)21(16-22-20)11-13-23(14-12-21)15-17-7-3-1-4-8-17/h1-10,19H,11-16H2,(H,22,24). The average Bonchev–Trinajstić information content (AvgIpc) is 2.95. The van der Waals surface area contributed by atoms with E-state index >= 15 is 0 Å². The molecular formula is C21H24N2O. The van der Waals surface area contributed by atoms with Gasteiger partial charge in [0.1, 0.15) is 0 Å². The number of likely N-dealkylation sites (tertiary alicyclic amines) is 1. The summed E-state index contributed by atoms with van der Waals surface area (Å²) in [6, 6.07) is 21.0. The Morgan fingerprint density at radius 2 is 1.58 bits per heavy atom. The molecule has 2 aliphatic rings. The lowest BCUT2D eigenvalue weighted by Gasteiger charge is -2.41. The number of hydrogen-bond acceptors (Lipinski definition) is 2. The van der Waals surface area contributed by atoms with Gasteiger partial charge in [0.25, 0.3) is 0 Å². The molecule has 1 N–H and O–H groups in total. The van der Waals surface area contributed by atoms with E-state index in [2.05, 4.69) is 52.7 Å². The van der Waals surface area contributed by atoms with Crippen LogP contribution in [0.3, 0.4) is 0 Å². The Kier molecular flexibility index (Phi) is 4.11. The molecule has 2 fully saturated rings. The van der Waals surface area contributed by atoms with Gasteiger partial charge in [0.05, 0.1) is 5.92 Å². The highest BCUT2D eigenvalue weighted by molar-refractivity contribution is 5.87. The van der Waals surface area contributed by atoms with E-state index in [4.69, 9.17) is 0 Å². The number of nitrogens with one attached hydrogen (secondary N) is 1. The van der Waals surface area contributed by atoms with Crippen molar-refractivity contribution in [3.05, 3.63) is 71.8 Å². The number of benzene rings is 2. The molecule has 0 aromatic heterocycles. The van der Waals surface area contributed by atoms with Gasteiger partial charge in [-0.25, -0.2) is 0 Å². The highest BCUT2D eigenvalue weighted by Gasteiger charge is 2.50. The van der Waals surface area contributed by atoms with Gasteiger partial charge in [-0.05, 0) is 37.1 Å². The minimum atomic E-state index is 0.0116. The molecule has 2 saturated heterocycles. The summed E-state index contributed by atoms with van der Waals surface area (Å²) >= 11 is 0. The zero-order valence-corrected chi connectivity index (χ0v) is 13.9. The lowest BCUT2D eigenvalue weighted by atomic mass is 9.68. The Morgan fingerprint density at radius 3 is 2.25 bits per heavy atom. The normalized spacial score (nSPS) is 23.3. The van der Waals surface area contributed by atoms with Crippen LogP contribution >= 0.6 is 0 Å². The van der Waals surface area contributed by atoms with E-state index in [9.17, 15) is 4.79 Å². The van der Waals surface area contributed by atoms with Crippen molar-refractivity contribution in [3.8, 4) is 0 Å². The lowest BCUT2D eigenvalue weighted by molar-refractivity contribution is -0.121. The van der Waals surface area contributed by atoms with Gasteiger partial charge in [0.2, 0.25) is 5.91 Å². The van der Waals surface area contributed by atoms with Gasteiger partial charge in [-0.15, -0.1) is 0 Å². The monoisotopic (exact) mass is 320 g/mol. The fourth-order valence-electron chi connectivity index (χ4n) is 4.36. The van der Waals surface area contributed by atoms with Crippen LogP contribution in [0.25, 0.3) is 0 Å². The van der Waals surface area contributed by atoms with Crippen LogP contribution < -0.4 is 5.32 Å². The molecule has 1 unspecified atom stereocenters. The molecule has 1 atom stereocenters. The Hall–Kier alpha value is -2.13. The first kappa shape index (κ1) is 15.4. The van der Waals surface area contributed by atoms with Crippen LogP contribution in [0.2, 0.25) is 0 Å². The SMILES string of the molecule is O=C1NCC2(CCN(Cc3ccccc3)CC2)C1c1ccccc1. The molecule has 0 radical (unpaired) electrons. The molecule has 1 amide bonds. The van der Waals surface area contributed by atoms with Crippen molar-refractivity contribution in [2.45, 2.75) is 25.3 Å².